The molecule has 2 heterocycles. The van der Waals surface area contributed by atoms with Crippen LogP contribution in [0, 0.1) is 19.8 Å². The van der Waals surface area contributed by atoms with Gasteiger partial charge in [-0.3, -0.25) is 0 Å². The van der Waals surface area contributed by atoms with E-state index < -0.39 is 0 Å². The van der Waals surface area contributed by atoms with Crippen LogP contribution >= 0.6 is 0 Å². The Hall–Kier alpha value is -2.87. The second-order valence-corrected chi connectivity index (χ2v) is 8.58. The Kier molecular flexibility index (Phi) is 3.74. The highest BCUT2D eigenvalue weighted by atomic mass is 16.5. The van der Waals surface area contributed by atoms with Gasteiger partial charge in [-0.05, 0) is 71.2 Å². The molecule has 5 rings (SSSR count). The molecule has 1 aliphatic heterocycles. The lowest BCUT2D eigenvalue weighted by atomic mass is 9.90. The predicted octanol–water partition coefficient (Wildman–Crippen LogP) is 6.41. The van der Waals surface area contributed by atoms with Crippen LogP contribution in [0.2, 0.25) is 0 Å². The van der Waals surface area contributed by atoms with Crippen molar-refractivity contribution < 1.29 is 9.30 Å². The third-order valence-corrected chi connectivity index (χ3v) is 5.99. The first-order chi connectivity index (χ1) is 13.4. The van der Waals surface area contributed by atoms with Crippen molar-refractivity contribution in [2.24, 2.45) is 13.0 Å². The van der Waals surface area contributed by atoms with Crippen molar-refractivity contribution in [2.45, 2.75) is 34.1 Å². The molecule has 2 nitrogen and oxygen atoms in total. The van der Waals surface area contributed by atoms with Crippen LogP contribution < -0.4 is 9.30 Å². The van der Waals surface area contributed by atoms with Crippen molar-refractivity contribution >= 4 is 21.5 Å². The average molecular weight is 369 g/mol. The van der Waals surface area contributed by atoms with Gasteiger partial charge in [0.1, 0.15) is 18.5 Å². The van der Waals surface area contributed by atoms with Gasteiger partial charge in [0.05, 0.1) is 10.9 Å². The van der Waals surface area contributed by atoms with Crippen molar-refractivity contribution in [3.8, 4) is 22.8 Å². The smallest absolute Gasteiger partial charge is 0.228 e. The topological polar surface area (TPSA) is 13.1 Å². The van der Waals surface area contributed by atoms with E-state index in [4.69, 9.17) is 4.74 Å². The van der Waals surface area contributed by atoms with E-state index in [9.17, 15) is 0 Å². The van der Waals surface area contributed by atoms with Gasteiger partial charge in [0, 0.05) is 6.07 Å². The van der Waals surface area contributed by atoms with Gasteiger partial charge >= 0.3 is 0 Å². The largest absolute Gasteiger partial charge is 0.456 e. The minimum absolute atomic E-state index is 0.619. The van der Waals surface area contributed by atoms with E-state index in [-0.39, 0.29) is 0 Å². The maximum atomic E-state index is 6.56. The normalized spacial score (nSPS) is 12.5. The molecular formula is C26H26NO+. The highest BCUT2D eigenvalue weighted by molar-refractivity contribution is 6.05. The number of benzene rings is 3. The van der Waals surface area contributed by atoms with Crippen molar-refractivity contribution in [2.75, 3.05) is 0 Å². The van der Waals surface area contributed by atoms with E-state index in [2.05, 4.69) is 88.0 Å². The zero-order chi connectivity index (χ0) is 19.6. The van der Waals surface area contributed by atoms with Gasteiger partial charge < -0.3 is 4.74 Å². The lowest BCUT2D eigenvalue weighted by Gasteiger charge is -2.23. The van der Waals surface area contributed by atoms with Gasteiger partial charge in [-0.2, -0.15) is 0 Å². The fourth-order valence-electron chi connectivity index (χ4n) is 4.71. The summed E-state index contributed by atoms with van der Waals surface area (Å²) in [5.41, 5.74) is 6.39. The number of hydrogen-bond acceptors (Lipinski definition) is 1. The maximum Gasteiger partial charge on any atom is 0.228 e. The molecule has 0 bridgehead atoms. The molecule has 0 aliphatic carbocycles. The standard InChI is InChI=1S/C26H26NO/c1-15(2)11-18-12-19-9-10-27(5)26-24-17(4)20-8-6-7-16(3)21(20)14-23(24)28-22(13-18)25(19)26/h6-10,12-15H,11H2,1-5H3/q+1. The van der Waals surface area contributed by atoms with E-state index in [1.54, 1.807) is 0 Å². The molecule has 28 heavy (non-hydrogen) atoms. The summed E-state index contributed by atoms with van der Waals surface area (Å²) >= 11 is 0. The third kappa shape index (κ3) is 2.44. The fourth-order valence-corrected chi connectivity index (χ4v) is 4.71. The Morgan fingerprint density at radius 1 is 0.964 bits per heavy atom. The molecule has 0 N–H and O–H groups in total. The molecule has 0 fully saturated rings. The number of nitrogens with zero attached hydrogens (tertiary/aromatic N) is 1. The Labute approximate surface area is 166 Å². The monoisotopic (exact) mass is 368 g/mol. The Morgan fingerprint density at radius 3 is 2.57 bits per heavy atom. The molecule has 0 atom stereocenters. The molecular weight excluding hydrogens is 342 g/mol. The van der Waals surface area contributed by atoms with Crippen LogP contribution in [-0.2, 0) is 13.5 Å². The molecule has 2 heteroatoms. The molecule has 0 radical (unpaired) electrons. The van der Waals surface area contributed by atoms with Crippen LogP contribution in [0.5, 0.6) is 11.5 Å². The van der Waals surface area contributed by atoms with Crippen molar-refractivity contribution in [3.63, 3.8) is 0 Å². The van der Waals surface area contributed by atoms with E-state index in [1.807, 2.05) is 0 Å². The number of pyridine rings is 1. The average Bonchev–Trinajstić information content (AvgIpc) is 2.64. The molecule has 1 aromatic heterocycles. The van der Waals surface area contributed by atoms with Crippen molar-refractivity contribution in [1.29, 1.82) is 0 Å². The SMILES string of the molecule is Cc1cccc2c(C)c3c(cc12)Oc1cc(CC(C)C)cc2cc[n+](C)c-3c12. The first-order valence-corrected chi connectivity index (χ1v) is 10.1. The number of rotatable bonds is 2. The van der Waals surface area contributed by atoms with Crippen molar-refractivity contribution in [1.82, 2.24) is 0 Å². The fraction of sp³-hybridized carbons (Fsp3) is 0.269. The van der Waals surface area contributed by atoms with E-state index in [1.165, 1.54) is 49.5 Å². The maximum absolute atomic E-state index is 6.56. The number of hydrogen-bond donors (Lipinski definition) is 0. The summed E-state index contributed by atoms with van der Waals surface area (Å²) in [7, 11) is 2.13. The van der Waals surface area contributed by atoms with Gasteiger partial charge in [0.2, 0.25) is 5.69 Å². The first-order valence-electron chi connectivity index (χ1n) is 10.1. The van der Waals surface area contributed by atoms with E-state index >= 15 is 0 Å². The van der Waals surface area contributed by atoms with Gasteiger partial charge in [-0.1, -0.05) is 38.1 Å². The van der Waals surface area contributed by atoms with E-state index in [0.717, 1.165) is 17.9 Å². The van der Waals surface area contributed by atoms with Crippen LogP contribution in [0.1, 0.15) is 30.5 Å². The summed E-state index contributed by atoms with van der Waals surface area (Å²) in [5.74, 6) is 2.57. The highest BCUT2D eigenvalue weighted by Gasteiger charge is 2.30. The number of fused-ring (bicyclic) bond motifs is 3. The highest BCUT2D eigenvalue weighted by Crippen LogP contribution is 2.48. The zero-order valence-electron chi connectivity index (χ0n) is 17.3. The lowest BCUT2D eigenvalue weighted by molar-refractivity contribution is -0.659. The molecule has 4 aromatic rings. The Bertz CT molecular complexity index is 1270. The van der Waals surface area contributed by atoms with Gasteiger partial charge in [-0.15, -0.1) is 0 Å². The van der Waals surface area contributed by atoms with Crippen LogP contribution in [0.3, 0.4) is 0 Å². The van der Waals surface area contributed by atoms with Gasteiger partial charge in [0.15, 0.2) is 6.20 Å². The van der Waals surface area contributed by atoms with Crippen LogP contribution in [-0.4, -0.2) is 0 Å². The summed E-state index contributed by atoms with van der Waals surface area (Å²) in [6, 6.07) is 15.5. The molecule has 0 unspecified atom stereocenters. The second-order valence-electron chi connectivity index (χ2n) is 8.58. The van der Waals surface area contributed by atoms with Crippen LogP contribution in [0.4, 0.5) is 0 Å². The Balaban J connectivity index is 1.88. The molecule has 0 saturated heterocycles. The van der Waals surface area contributed by atoms with E-state index in [0.29, 0.717) is 5.92 Å². The van der Waals surface area contributed by atoms with Gasteiger partial charge in [0.25, 0.3) is 0 Å². The quantitative estimate of drug-likeness (QED) is 0.328. The Morgan fingerprint density at radius 2 is 1.79 bits per heavy atom. The minimum atomic E-state index is 0.619. The molecule has 0 amide bonds. The molecule has 1 aliphatic rings. The minimum Gasteiger partial charge on any atom is -0.456 e. The van der Waals surface area contributed by atoms with Crippen LogP contribution in [0.15, 0.2) is 48.7 Å². The summed E-state index contributed by atoms with van der Waals surface area (Å²) in [4.78, 5) is 0. The molecule has 0 spiro atoms. The van der Waals surface area contributed by atoms with Crippen LogP contribution in [0.25, 0.3) is 32.8 Å². The zero-order valence-corrected chi connectivity index (χ0v) is 17.3. The summed E-state index contributed by atoms with van der Waals surface area (Å²) in [6.45, 7) is 8.93. The lowest BCUT2D eigenvalue weighted by Crippen LogP contribution is -2.31. The predicted molar refractivity (Wildman–Crippen MR) is 116 cm³/mol. The summed E-state index contributed by atoms with van der Waals surface area (Å²) in [5, 5.41) is 5.06. The number of aromatic nitrogens is 1. The second kappa shape index (κ2) is 6.07. The van der Waals surface area contributed by atoms with Gasteiger partial charge in [-0.25, -0.2) is 4.57 Å². The number of ether oxygens (including phenoxy) is 1. The van der Waals surface area contributed by atoms with Crippen molar-refractivity contribution in [3.05, 3.63) is 65.4 Å². The first kappa shape index (κ1) is 17.2. The molecule has 3 aromatic carbocycles. The summed E-state index contributed by atoms with van der Waals surface area (Å²) < 4.78 is 8.80. The summed E-state index contributed by atoms with van der Waals surface area (Å²) in [6.07, 6.45) is 3.24. The molecule has 140 valence electrons. The molecule has 0 saturated carbocycles. The number of aryl methyl sites for hydroxylation is 3. The third-order valence-electron chi connectivity index (χ3n) is 5.99.